The van der Waals surface area contributed by atoms with Crippen molar-refractivity contribution in [2.45, 2.75) is 38.4 Å². The molecule has 1 aromatic heterocycles. The van der Waals surface area contributed by atoms with Gasteiger partial charge in [-0.3, -0.25) is 4.90 Å². The van der Waals surface area contributed by atoms with E-state index in [1.807, 2.05) is 22.9 Å². The number of tetrazole rings is 1. The number of para-hydroxylation sites is 1. The molecule has 0 saturated heterocycles. The monoisotopic (exact) mass is 287 g/mol. The molecule has 0 N–H and O–H groups in total. The SMILES string of the molecule is COc1ccccc1[C@@H](C)N(C)Cc1nnnn1C1CC1. The van der Waals surface area contributed by atoms with E-state index in [0.717, 1.165) is 18.1 Å². The van der Waals surface area contributed by atoms with Crippen LogP contribution in [0.3, 0.4) is 0 Å². The molecule has 3 rings (SSSR count). The zero-order valence-electron chi connectivity index (χ0n) is 12.7. The van der Waals surface area contributed by atoms with E-state index in [1.54, 1.807) is 7.11 Å². The number of hydrogen-bond acceptors (Lipinski definition) is 5. The molecule has 0 aliphatic heterocycles. The lowest BCUT2D eigenvalue weighted by Crippen LogP contribution is -2.24. The molecule has 0 radical (unpaired) electrons. The first kappa shape index (κ1) is 14.0. The molecular formula is C15H21N5O. The summed E-state index contributed by atoms with van der Waals surface area (Å²) in [6, 6.07) is 8.85. The molecule has 6 nitrogen and oxygen atoms in total. The Balaban J connectivity index is 1.75. The first-order chi connectivity index (χ1) is 10.2. The Kier molecular flexibility index (Phi) is 3.88. The number of nitrogens with zero attached hydrogens (tertiary/aromatic N) is 5. The van der Waals surface area contributed by atoms with Crippen molar-refractivity contribution in [2.75, 3.05) is 14.2 Å². The van der Waals surface area contributed by atoms with E-state index < -0.39 is 0 Å². The molecule has 1 aliphatic carbocycles. The number of methoxy groups -OCH3 is 1. The number of aromatic nitrogens is 4. The Labute approximate surface area is 124 Å². The maximum Gasteiger partial charge on any atom is 0.165 e. The Hall–Kier alpha value is -1.95. The Morgan fingerprint density at radius 2 is 2.14 bits per heavy atom. The molecule has 1 aromatic carbocycles. The van der Waals surface area contributed by atoms with Gasteiger partial charge in [0.1, 0.15) is 5.75 Å². The Morgan fingerprint density at radius 1 is 1.38 bits per heavy atom. The number of rotatable bonds is 6. The molecule has 1 saturated carbocycles. The van der Waals surface area contributed by atoms with Crippen LogP contribution in [-0.2, 0) is 6.54 Å². The summed E-state index contributed by atoms with van der Waals surface area (Å²) in [5.74, 6) is 1.85. The summed E-state index contributed by atoms with van der Waals surface area (Å²) < 4.78 is 7.42. The third-order valence-electron chi connectivity index (χ3n) is 4.09. The van der Waals surface area contributed by atoms with E-state index in [9.17, 15) is 0 Å². The fourth-order valence-electron chi connectivity index (χ4n) is 2.53. The lowest BCUT2D eigenvalue weighted by molar-refractivity contribution is 0.236. The third kappa shape index (κ3) is 2.90. The van der Waals surface area contributed by atoms with Crippen molar-refractivity contribution in [1.29, 1.82) is 0 Å². The van der Waals surface area contributed by atoms with Gasteiger partial charge in [0.15, 0.2) is 5.82 Å². The van der Waals surface area contributed by atoms with Gasteiger partial charge in [0, 0.05) is 11.6 Å². The summed E-state index contributed by atoms with van der Waals surface area (Å²) in [6.45, 7) is 2.89. The predicted octanol–water partition coefficient (Wildman–Crippen LogP) is 2.21. The van der Waals surface area contributed by atoms with Crippen molar-refractivity contribution in [3.8, 4) is 5.75 Å². The highest BCUT2D eigenvalue weighted by Crippen LogP contribution is 2.35. The zero-order chi connectivity index (χ0) is 14.8. The van der Waals surface area contributed by atoms with Crippen LogP contribution >= 0.6 is 0 Å². The molecule has 21 heavy (non-hydrogen) atoms. The van der Waals surface area contributed by atoms with Crippen molar-refractivity contribution in [2.24, 2.45) is 0 Å². The highest BCUT2D eigenvalue weighted by molar-refractivity contribution is 5.35. The molecule has 0 bridgehead atoms. The fraction of sp³-hybridized carbons (Fsp3) is 0.533. The standard InChI is InChI=1S/C15H21N5O/c1-11(13-6-4-5-7-14(13)21-3)19(2)10-15-16-17-18-20(15)12-8-9-12/h4-7,11-12H,8-10H2,1-3H3/t11-/m1/s1. The van der Waals surface area contributed by atoms with Crippen molar-refractivity contribution < 1.29 is 4.74 Å². The van der Waals surface area contributed by atoms with E-state index in [1.165, 1.54) is 18.4 Å². The third-order valence-corrected chi connectivity index (χ3v) is 4.09. The fourth-order valence-corrected chi connectivity index (χ4v) is 2.53. The van der Waals surface area contributed by atoms with E-state index in [0.29, 0.717) is 6.04 Å². The summed E-state index contributed by atoms with van der Waals surface area (Å²) in [6.07, 6.45) is 2.37. The maximum absolute atomic E-state index is 5.45. The summed E-state index contributed by atoms with van der Waals surface area (Å²) in [7, 11) is 3.79. The van der Waals surface area contributed by atoms with E-state index in [2.05, 4.69) is 40.5 Å². The van der Waals surface area contributed by atoms with Crippen LogP contribution in [0.1, 0.15) is 43.2 Å². The van der Waals surface area contributed by atoms with E-state index >= 15 is 0 Å². The summed E-state index contributed by atoms with van der Waals surface area (Å²) in [5.41, 5.74) is 1.17. The van der Waals surface area contributed by atoms with Crippen molar-refractivity contribution in [3.05, 3.63) is 35.7 Å². The molecule has 0 spiro atoms. The van der Waals surface area contributed by atoms with Crippen molar-refractivity contribution in [1.82, 2.24) is 25.1 Å². The molecule has 0 amide bonds. The van der Waals surface area contributed by atoms with Gasteiger partial charge in [0.05, 0.1) is 19.7 Å². The average Bonchev–Trinajstić information content (AvgIpc) is 3.26. The zero-order valence-corrected chi connectivity index (χ0v) is 12.7. The second-order valence-electron chi connectivity index (χ2n) is 5.60. The van der Waals surface area contributed by atoms with Gasteiger partial charge in [-0.25, -0.2) is 4.68 Å². The summed E-state index contributed by atoms with van der Waals surface area (Å²) in [4.78, 5) is 2.24. The number of hydrogen-bond donors (Lipinski definition) is 0. The van der Waals surface area contributed by atoms with Gasteiger partial charge in [0.25, 0.3) is 0 Å². The Morgan fingerprint density at radius 3 is 2.86 bits per heavy atom. The number of benzene rings is 1. The van der Waals surface area contributed by atoms with Crippen LogP contribution in [0.15, 0.2) is 24.3 Å². The second kappa shape index (κ2) is 5.81. The molecule has 0 unspecified atom stereocenters. The van der Waals surface area contributed by atoms with Crippen molar-refractivity contribution in [3.63, 3.8) is 0 Å². The molecular weight excluding hydrogens is 266 g/mol. The van der Waals surface area contributed by atoms with Gasteiger partial charge in [-0.15, -0.1) is 5.10 Å². The van der Waals surface area contributed by atoms with Gasteiger partial charge in [-0.2, -0.15) is 0 Å². The molecule has 1 atom stereocenters. The first-order valence-electron chi connectivity index (χ1n) is 7.30. The summed E-state index contributed by atoms with van der Waals surface area (Å²) in [5, 5.41) is 12.1. The van der Waals surface area contributed by atoms with Crippen molar-refractivity contribution >= 4 is 0 Å². The second-order valence-corrected chi connectivity index (χ2v) is 5.60. The summed E-state index contributed by atoms with van der Waals surface area (Å²) >= 11 is 0. The molecule has 1 fully saturated rings. The molecule has 1 heterocycles. The normalized spacial score (nSPS) is 16.2. The number of ether oxygens (including phenoxy) is 1. The molecule has 6 heteroatoms. The topological polar surface area (TPSA) is 56.1 Å². The van der Waals surface area contributed by atoms with Gasteiger partial charge >= 0.3 is 0 Å². The quantitative estimate of drug-likeness (QED) is 0.815. The predicted molar refractivity (Wildman–Crippen MR) is 79.0 cm³/mol. The van der Waals surface area contributed by atoms with Crippen LogP contribution in [0.2, 0.25) is 0 Å². The molecule has 2 aromatic rings. The minimum atomic E-state index is 0.227. The molecule has 1 aliphatic rings. The lowest BCUT2D eigenvalue weighted by atomic mass is 10.1. The highest BCUT2D eigenvalue weighted by atomic mass is 16.5. The molecule has 112 valence electrons. The van der Waals surface area contributed by atoms with Gasteiger partial charge in [0.2, 0.25) is 0 Å². The minimum Gasteiger partial charge on any atom is -0.496 e. The van der Waals surface area contributed by atoms with Crippen LogP contribution in [0.4, 0.5) is 0 Å². The van der Waals surface area contributed by atoms with E-state index in [4.69, 9.17) is 4.74 Å². The van der Waals surface area contributed by atoms with Crippen LogP contribution in [0.5, 0.6) is 5.75 Å². The van der Waals surface area contributed by atoms with Gasteiger partial charge in [-0.1, -0.05) is 18.2 Å². The van der Waals surface area contributed by atoms with Crippen LogP contribution in [-0.4, -0.2) is 39.3 Å². The highest BCUT2D eigenvalue weighted by Gasteiger charge is 2.28. The van der Waals surface area contributed by atoms with E-state index in [-0.39, 0.29) is 6.04 Å². The lowest BCUT2D eigenvalue weighted by Gasteiger charge is -2.25. The van der Waals surface area contributed by atoms with Crippen LogP contribution < -0.4 is 4.74 Å². The van der Waals surface area contributed by atoms with Crippen LogP contribution in [0, 0.1) is 0 Å². The minimum absolute atomic E-state index is 0.227. The average molecular weight is 287 g/mol. The Bertz CT molecular complexity index is 608. The van der Waals surface area contributed by atoms with Crippen LogP contribution in [0.25, 0.3) is 0 Å². The van der Waals surface area contributed by atoms with Gasteiger partial charge < -0.3 is 4.74 Å². The first-order valence-corrected chi connectivity index (χ1v) is 7.30. The smallest absolute Gasteiger partial charge is 0.165 e. The maximum atomic E-state index is 5.45. The largest absolute Gasteiger partial charge is 0.496 e. The van der Waals surface area contributed by atoms with Gasteiger partial charge in [-0.05, 0) is 43.3 Å².